The first-order valence-electron chi connectivity index (χ1n) is 15.3. The summed E-state index contributed by atoms with van der Waals surface area (Å²) in [7, 11) is -3.74. The van der Waals surface area contributed by atoms with Gasteiger partial charge in [-0.15, -0.1) is 0 Å². The van der Waals surface area contributed by atoms with Gasteiger partial charge in [0.25, 0.3) is 11.8 Å². The highest BCUT2D eigenvalue weighted by Crippen LogP contribution is 2.39. The van der Waals surface area contributed by atoms with E-state index < -0.39 is 61.8 Å². The number of halogens is 1. The number of rotatable bonds is 9. The molecule has 0 radical (unpaired) electrons. The van der Waals surface area contributed by atoms with Gasteiger partial charge >= 0.3 is 0 Å². The van der Waals surface area contributed by atoms with Crippen molar-refractivity contribution in [3.8, 4) is 5.75 Å². The zero-order valence-electron chi connectivity index (χ0n) is 25.4. The maximum absolute atomic E-state index is 14.5. The lowest BCUT2D eigenvalue weighted by atomic mass is 9.99. The summed E-state index contributed by atoms with van der Waals surface area (Å²) >= 11 is 0. The average Bonchev–Trinajstić information content (AvgIpc) is 3.34. The molecule has 2 unspecified atom stereocenters. The summed E-state index contributed by atoms with van der Waals surface area (Å²) in [6, 6.07) is 7.85. The van der Waals surface area contributed by atoms with E-state index in [0.717, 1.165) is 6.07 Å². The molecule has 2 aromatic carbocycles. The third kappa shape index (κ3) is 6.90. The van der Waals surface area contributed by atoms with Crippen molar-refractivity contribution in [3.63, 3.8) is 0 Å². The van der Waals surface area contributed by atoms with Gasteiger partial charge in [0.15, 0.2) is 12.6 Å². The number of hydrogen-bond donors (Lipinski definition) is 2. The minimum atomic E-state index is -3.74. The normalized spacial score (nSPS) is 23.6. The molecule has 2 N–H and O–H groups in total. The summed E-state index contributed by atoms with van der Waals surface area (Å²) in [6.45, 7) is -0.00606. The second-order valence-corrected chi connectivity index (χ2v) is 14.4. The summed E-state index contributed by atoms with van der Waals surface area (Å²) < 4.78 is 46.3. The number of likely N-dealkylation sites (tertiary alicyclic amines) is 1. The Kier molecular flexibility index (Phi) is 8.86. The van der Waals surface area contributed by atoms with Crippen LogP contribution in [0.4, 0.5) is 10.1 Å². The van der Waals surface area contributed by atoms with E-state index >= 15 is 0 Å². The number of sulfonamides is 1. The largest absolute Gasteiger partial charge is 0.632 e. The van der Waals surface area contributed by atoms with Gasteiger partial charge in [-0.1, -0.05) is 18.2 Å². The number of Topliss-reactive ketones (excluding diaryl/α,β-unsaturated/α-hetero) is 1. The predicted octanol–water partition coefficient (Wildman–Crippen LogP) is 0.930. The van der Waals surface area contributed by atoms with Crippen LogP contribution < -0.4 is 15.4 Å². The summed E-state index contributed by atoms with van der Waals surface area (Å²) in [5, 5.41) is 18.4. The number of amides is 4. The molecule has 3 saturated heterocycles. The van der Waals surface area contributed by atoms with Crippen LogP contribution in [0.15, 0.2) is 36.4 Å². The lowest BCUT2D eigenvalue weighted by Gasteiger charge is -2.45. The fraction of sp³-hybridized carbons (Fsp3) is 0.452. The number of ether oxygens (including phenoxy) is 1. The van der Waals surface area contributed by atoms with E-state index in [-0.39, 0.29) is 88.6 Å². The molecule has 4 aliphatic heterocycles. The maximum atomic E-state index is 14.5. The molecule has 16 heteroatoms. The van der Waals surface area contributed by atoms with E-state index in [1.807, 2.05) is 0 Å². The quantitative estimate of drug-likeness (QED) is 0.223. The number of benzene rings is 2. The zero-order chi connectivity index (χ0) is 33.5. The Balaban J connectivity index is 0.999. The molecular weight excluding hydrogens is 637 g/mol. The van der Waals surface area contributed by atoms with E-state index in [1.165, 1.54) is 21.3 Å². The first-order chi connectivity index (χ1) is 22.3. The van der Waals surface area contributed by atoms with Crippen LogP contribution >= 0.6 is 0 Å². The lowest BCUT2D eigenvalue weighted by molar-refractivity contribution is -0.916. The van der Waals surface area contributed by atoms with E-state index in [4.69, 9.17) is 4.74 Å². The molecule has 250 valence electrons. The van der Waals surface area contributed by atoms with Crippen molar-refractivity contribution >= 4 is 45.1 Å². The molecule has 4 heterocycles. The fourth-order valence-corrected chi connectivity index (χ4v) is 7.95. The van der Waals surface area contributed by atoms with Gasteiger partial charge in [-0.3, -0.25) is 29.3 Å². The second kappa shape index (κ2) is 12.7. The van der Waals surface area contributed by atoms with Crippen LogP contribution in [0, 0.1) is 16.9 Å². The van der Waals surface area contributed by atoms with Gasteiger partial charge in [0.05, 0.1) is 22.9 Å². The van der Waals surface area contributed by atoms with Gasteiger partial charge in [0.1, 0.15) is 30.4 Å². The molecule has 3 fully saturated rings. The number of ketones is 1. The van der Waals surface area contributed by atoms with Gasteiger partial charge in [0, 0.05) is 57.4 Å². The van der Waals surface area contributed by atoms with Crippen molar-refractivity contribution in [3.05, 3.63) is 64.1 Å². The van der Waals surface area contributed by atoms with Crippen LogP contribution in [0.25, 0.3) is 0 Å². The third-order valence-corrected chi connectivity index (χ3v) is 11.0. The zero-order valence-corrected chi connectivity index (χ0v) is 26.2. The molecule has 0 aromatic heterocycles. The fourth-order valence-electron chi connectivity index (χ4n) is 6.42. The Morgan fingerprint density at radius 2 is 1.81 bits per heavy atom. The van der Waals surface area contributed by atoms with E-state index in [2.05, 4.69) is 10.6 Å². The topological polar surface area (TPSA) is 182 Å². The number of fused-ring (bicyclic) bond motifs is 1. The maximum Gasteiger partial charge on any atom is 0.285 e. The average molecular weight is 672 g/mol. The van der Waals surface area contributed by atoms with Crippen LogP contribution in [0.5, 0.6) is 5.75 Å². The highest BCUT2D eigenvalue weighted by Gasteiger charge is 2.44. The number of nitrogens with one attached hydrogen (secondary N) is 2. The molecule has 0 aliphatic carbocycles. The molecule has 47 heavy (non-hydrogen) atoms. The molecule has 4 aliphatic rings. The third-order valence-electron chi connectivity index (χ3n) is 9.14. The van der Waals surface area contributed by atoms with Gasteiger partial charge < -0.3 is 24.8 Å². The SMILES string of the molecule is O=C1CCN(S(=O)(=O)Cc2ccc(F)c(NC(=O)C3CN(C(=O)COc4cccc5c4C[N+]([O-])(C4CCC(=O)NC4=O)C5)C3)c2)CC1. The van der Waals surface area contributed by atoms with E-state index in [1.54, 1.807) is 18.2 Å². The molecule has 14 nitrogen and oxygen atoms in total. The lowest BCUT2D eigenvalue weighted by Crippen LogP contribution is -2.58. The first-order valence-corrected chi connectivity index (χ1v) is 16.9. The van der Waals surface area contributed by atoms with Crippen molar-refractivity contribution in [2.45, 2.75) is 50.6 Å². The molecular formula is C31H34FN5O9S. The van der Waals surface area contributed by atoms with Crippen molar-refractivity contribution in [1.82, 2.24) is 14.5 Å². The van der Waals surface area contributed by atoms with Gasteiger partial charge in [-0.25, -0.2) is 17.1 Å². The number of quaternary nitrogens is 1. The molecule has 0 saturated carbocycles. The number of carbonyl (C=O) groups excluding carboxylic acids is 5. The highest BCUT2D eigenvalue weighted by atomic mass is 32.2. The molecule has 0 spiro atoms. The Morgan fingerprint density at radius 3 is 2.53 bits per heavy atom. The Labute approximate surface area is 270 Å². The Morgan fingerprint density at radius 1 is 1.06 bits per heavy atom. The number of anilines is 1. The standard InChI is InChI=1S/C31H34FN5O9S/c32-24-5-4-19(18-47(44,45)36-10-8-22(38)9-11-36)12-25(24)33-30(41)21-13-35(14-21)29(40)17-46-27-3-1-2-20-15-37(43,16-23(20)27)26-6-7-28(39)34-31(26)42/h1-5,12,21,26H,6-11,13-18H2,(H,33,41)(H,34,39,42). The molecule has 6 rings (SSSR count). The molecule has 2 atom stereocenters. The number of piperidine rings is 2. The first kappa shape index (κ1) is 32.7. The number of imide groups is 1. The molecule has 2 aromatic rings. The molecule has 0 bridgehead atoms. The van der Waals surface area contributed by atoms with Crippen molar-refractivity contribution in [2.75, 3.05) is 38.1 Å². The van der Waals surface area contributed by atoms with Crippen LogP contribution in [0.3, 0.4) is 0 Å². The van der Waals surface area contributed by atoms with Crippen molar-refractivity contribution in [1.29, 1.82) is 0 Å². The Hall–Kier alpha value is -4.25. The summed E-state index contributed by atoms with van der Waals surface area (Å²) in [5.41, 5.74) is 1.41. The smallest absolute Gasteiger partial charge is 0.285 e. The van der Waals surface area contributed by atoms with Crippen molar-refractivity contribution in [2.24, 2.45) is 5.92 Å². The minimum Gasteiger partial charge on any atom is -0.632 e. The summed E-state index contributed by atoms with van der Waals surface area (Å²) in [5.74, 6) is -3.33. The summed E-state index contributed by atoms with van der Waals surface area (Å²) in [4.78, 5) is 62.5. The van der Waals surface area contributed by atoms with E-state index in [0.29, 0.717) is 16.9 Å². The number of hydrogen-bond acceptors (Lipinski definition) is 9. The summed E-state index contributed by atoms with van der Waals surface area (Å²) in [6.07, 6.45) is 0.554. The van der Waals surface area contributed by atoms with Gasteiger partial charge in [-0.2, -0.15) is 0 Å². The van der Waals surface area contributed by atoms with Crippen LogP contribution in [-0.2, 0) is 52.8 Å². The highest BCUT2D eigenvalue weighted by molar-refractivity contribution is 7.88. The van der Waals surface area contributed by atoms with Gasteiger partial charge in [0.2, 0.25) is 21.8 Å². The number of carbonyl (C=O) groups is 5. The van der Waals surface area contributed by atoms with Gasteiger partial charge in [-0.05, 0) is 23.8 Å². The van der Waals surface area contributed by atoms with Crippen LogP contribution in [0.2, 0.25) is 0 Å². The number of hydroxylamine groups is 3. The number of nitrogens with zero attached hydrogens (tertiary/aromatic N) is 3. The monoisotopic (exact) mass is 671 g/mol. The van der Waals surface area contributed by atoms with Crippen LogP contribution in [0.1, 0.15) is 42.4 Å². The predicted molar refractivity (Wildman–Crippen MR) is 163 cm³/mol. The Bertz CT molecular complexity index is 1750. The minimum absolute atomic E-state index is 0.00536. The second-order valence-electron chi connectivity index (χ2n) is 12.4. The van der Waals surface area contributed by atoms with E-state index in [9.17, 15) is 42.0 Å². The van der Waals surface area contributed by atoms with Crippen molar-refractivity contribution < 1.29 is 46.2 Å². The molecule has 4 amide bonds. The van der Waals surface area contributed by atoms with Crippen LogP contribution in [-0.4, -0.2) is 90.5 Å².